The Kier molecular flexibility index (Phi) is 13.6. The van der Waals surface area contributed by atoms with E-state index in [0.29, 0.717) is 58.7 Å². The van der Waals surface area contributed by atoms with Crippen LogP contribution in [0.25, 0.3) is 10.9 Å². The van der Waals surface area contributed by atoms with E-state index in [1.807, 2.05) is 49.4 Å². The zero-order chi connectivity index (χ0) is 38.5. The van der Waals surface area contributed by atoms with E-state index in [9.17, 15) is 23.3 Å². The van der Waals surface area contributed by atoms with Gasteiger partial charge in [-0.05, 0) is 117 Å². The summed E-state index contributed by atoms with van der Waals surface area (Å²) in [7, 11) is -0.706. The number of nitriles is 1. The Morgan fingerprint density at radius 1 is 0.815 bits per heavy atom. The van der Waals surface area contributed by atoms with Crippen molar-refractivity contribution >= 4 is 38.4 Å². The van der Waals surface area contributed by atoms with E-state index >= 15 is 0 Å². The van der Waals surface area contributed by atoms with Crippen LogP contribution < -0.4 is 29.6 Å². The second kappa shape index (κ2) is 18.7. The number of aromatic amines is 1. The van der Waals surface area contributed by atoms with Crippen LogP contribution in [0.2, 0.25) is 0 Å². The summed E-state index contributed by atoms with van der Waals surface area (Å²) in [5.74, 6) is 1.56. The highest BCUT2D eigenvalue weighted by Crippen LogP contribution is 2.30. The number of hydrogen-bond acceptors (Lipinski definition) is 8. The molecule has 0 unspecified atom stereocenters. The van der Waals surface area contributed by atoms with Crippen LogP contribution in [0.5, 0.6) is 17.2 Å². The Balaban J connectivity index is 0.958. The fourth-order valence-electron chi connectivity index (χ4n) is 6.06. The maximum Gasteiger partial charge on any atom is 0.261 e. The van der Waals surface area contributed by atoms with Crippen LogP contribution in [-0.4, -0.2) is 59.1 Å². The van der Waals surface area contributed by atoms with Crippen LogP contribution >= 0.6 is 0 Å². The Morgan fingerprint density at radius 3 is 2.26 bits per heavy atom. The molecule has 0 saturated heterocycles. The number of amides is 2. The first-order valence-corrected chi connectivity index (χ1v) is 19.2. The number of carbonyl (C=O) groups excluding carboxylic acids is 2. The van der Waals surface area contributed by atoms with Gasteiger partial charge in [0.15, 0.2) is 18.1 Å². The summed E-state index contributed by atoms with van der Waals surface area (Å²) in [6, 6.07) is 24.9. The first kappa shape index (κ1) is 39.2. The fourth-order valence-corrected chi connectivity index (χ4v) is 7.14. The van der Waals surface area contributed by atoms with Gasteiger partial charge in [-0.2, -0.15) is 5.26 Å². The van der Waals surface area contributed by atoms with Crippen molar-refractivity contribution in [1.29, 1.82) is 5.26 Å². The minimum Gasteiger partial charge on any atom is -0.493 e. The molecule has 0 aliphatic carbocycles. The van der Waals surface area contributed by atoms with Gasteiger partial charge in [-0.3, -0.25) is 14.3 Å². The molecule has 0 aliphatic rings. The molecular weight excluding hydrogens is 707 g/mol. The number of nitrogens with zero attached hydrogens (tertiary/aromatic N) is 1. The average molecular weight is 752 g/mol. The number of aromatic nitrogens is 1. The van der Waals surface area contributed by atoms with E-state index < -0.39 is 10.0 Å². The van der Waals surface area contributed by atoms with Gasteiger partial charge in [-0.25, -0.2) is 8.42 Å². The predicted molar refractivity (Wildman–Crippen MR) is 208 cm³/mol. The maximum atomic E-state index is 13.1. The number of hydrogen-bond donors (Lipinski definition) is 4. The topological polar surface area (TPSA) is 172 Å². The number of carbonyl (C=O) groups is 2. The van der Waals surface area contributed by atoms with Crippen molar-refractivity contribution in [3.8, 4) is 23.3 Å². The minimum atomic E-state index is -3.96. The molecule has 54 heavy (non-hydrogen) atoms. The van der Waals surface area contributed by atoms with Crippen molar-refractivity contribution in [2.45, 2.75) is 50.3 Å². The number of unbranched alkanes of at least 4 members (excludes halogenated alkanes) is 2. The molecule has 4 N–H and O–H groups in total. The summed E-state index contributed by atoms with van der Waals surface area (Å²) >= 11 is 0. The number of nitrogens with one attached hydrogen (secondary N) is 4. The highest BCUT2D eigenvalue weighted by atomic mass is 32.2. The summed E-state index contributed by atoms with van der Waals surface area (Å²) < 4.78 is 45.2. The van der Waals surface area contributed by atoms with E-state index in [2.05, 4.69) is 26.4 Å². The van der Waals surface area contributed by atoms with E-state index in [1.165, 1.54) is 29.8 Å². The van der Waals surface area contributed by atoms with E-state index in [0.717, 1.165) is 49.0 Å². The summed E-state index contributed by atoms with van der Waals surface area (Å²) in [5.41, 5.74) is 4.77. The van der Waals surface area contributed by atoms with Crippen LogP contribution in [0.1, 0.15) is 58.3 Å². The number of aryl methyl sites for hydroxylation is 3. The van der Waals surface area contributed by atoms with Gasteiger partial charge < -0.3 is 29.8 Å². The van der Waals surface area contributed by atoms with E-state index in [-0.39, 0.29) is 23.3 Å². The van der Waals surface area contributed by atoms with Gasteiger partial charge in [-0.15, -0.1) is 0 Å². The van der Waals surface area contributed by atoms with Crippen LogP contribution in [0.3, 0.4) is 0 Å². The third-order valence-corrected chi connectivity index (χ3v) is 10.3. The maximum absolute atomic E-state index is 13.1. The lowest BCUT2D eigenvalue weighted by Crippen LogP contribution is -2.30. The number of anilines is 1. The monoisotopic (exact) mass is 751 g/mol. The molecule has 0 bridgehead atoms. The highest BCUT2D eigenvalue weighted by Gasteiger charge is 2.19. The molecule has 5 rings (SSSR count). The number of rotatable bonds is 19. The summed E-state index contributed by atoms with van der Waals surface area (Å²) in [4.78, 5) is 28.0. The van der Waals surface area contributed by atoms with Gasteiger partial charge in [0.2, 0.25) is 0 Å². The molecule has 12 nitrogen and oxygen atoms in total. The zero-order valence-corrected chi connectivity index (χ0v) is 31.5. The largest absolute Gasteiger partial charge is 0.493 e. The SMILES string of the molecule is COc1ccc(CCCc2cccc(OCC(=O)NCCCCCNC(=O)c3ccc(S(=O)(=O)Nc4ccc(C)c5c(C#N)c[nH]c45)cc3)c2)cc1OC. The Morgan fingerprint density at radius 2 is 1.54 bits per heavy atom. The average Bonchev–Trinajstić information content (AvgIpc) is 3.63. The molecule has 13 heteroatoms. The molecule has 0 aliphatic heterocycles. The van der Waals surface area contributed by atoms with Gasteiger partial charge in [0.1, 0.15) is 11.8 Å². The summed E-state index contributed by atoms with van der Waals surface area (Å²) in [6.45, 7) is 2.71. The van der Waals surface area contributed by atoms with Gasteiger partial charge in [-0.1, -0.05) is 24.3 Å². The molecule has 0 radical (unpaired) electrons. The number of fused-ring (bicyclic) bond motifs is 1. The number of ether oxygens (including phenoxy) is 3. The molecule has 0 spiro atoms. The lowest BCUT2D eigenvalue weighted by molar-refractivity contribution is -0.123. The van der Waals surface area contributed by atoms with Crippen molar-refractivity contribution in [2.24, 2.45) is 0 Å². The molecule has 1 aromatic heterocycles. The van der Waals surface area contributed by atoms with Crippen LogP contribution in [0, 0.1) is 18.3 Å². The predicted octanol–water partition coefficient (Wildman–Crippen LogP) is 6.44. The Hall–Kier alpha value is -6.00. The normalized spacial score (nSPS) is 11.1. The molecule has 2 amide bonds. The van der Waals surface area contributed by atoms with Gasteiger partial charge in [0, 0.05) is 30.2 Å². The Bertz CT molecular complexity index is 2230. The van der Waals surface area contributed by atoms with Gasteiger partial charge in [0.05, 0.1) is 35.9 Å². The smallest absolute Gasteiger partial charge is 0.261 e. The third kappa shape index (κ3) is 10.3. The molecule has 4 aromatic carbocycles. The van der Waals surface area contributed by atoms with Crippen molar-refractivity contribution in [1.82, 2.24) is 15.6 Å². The third-order valence-electron chi connectivity index (χ3n) is 8.94. The molecule has 0 atom stereocenters. The second-order valence-corrected chi connectivity index (χ2v) is 14.5. The molecule has 5 aromatic rings. The first-order valence-electron chi connectivity index (χ1n) is 17.7. The zero-order valence-electron chi connectivity index (χ0n) is 30.7. The summed E-state index contributed by atoms with van der Waals surface area (Å²) in [5, 5.41) is 15.8. The molecule has 282 valence electrons. The van der Waals surface area contributed by atoms with Crippen molar-refractivity contribution in [3.05, 3.63) is 113 Å². The molecule has 0 fully saturated rings. The lowest BCUT2D eigenvalue weighted by Gasteiger charge is -2.11. The van der Waals surface area contributed by atoms with Crippen LogP contribution in [0.4, 0.5) is 5.69 Å². The van der Waals surface area contributed by atoms with Crippen molar-refractivity contribution in [3.63, 3.8) is 0 Å². The van der Waals surface area contributed by atoms with Crippen LogP contribution in [0.15, 0.2) is 90.0 Å². The number of benzene rings is 4. The fraction of sp³-hybridized carbons (Fsp3) is 0.293. The second-order valence-electron chi connectivity index (χ2n) is 12.8. The van der Waals surface area contributed by atoms with Crippen molar-refractivity contribution < 1.29 is 32.2 Å². The van der Waals surface area contributed by atoms with Gasteiger partial charge >= 0.3 is 0 Å². The number of sulfonamides is 1. The number of methoxy groups -OCH3 is 2. The van der Waals surface area contributed by atoms with Crippen LogP contribution in [-0.2, 0) is 27.7 Å². The molecule has 0 saturated carbocycles. The standard InChI is InChI=1S/C41H45N5O7S/c1-28-13-19-35(40-39(28)32(25-42)26-45-40)46-54(49,50)34-17-15-31(16-18-34)41(48)44-22-6-4-5-21-43-38(47)27-53-33-12-8-11-29(23-33)9-7-10-30-14-20-36(51-2)37(24-30)52-3/h8,11-20,23-24,26,45-46H,4-7,9-10,21-22,27H2,1-3H3,(H,43,47)(H,44,48). The Labute approximate surface area is 315 Å². The molecule has 1 heterocycles. The first-order chi connectivity index (χ1) is 26.1. The molecular formula is C41H45N5O7S. The quantitative estimate of drug-likeness (QED) is 0.0699. The van der Waals surface area contributed by atoms with Gasteiger partial charge in [0.25, 0.3) is 21.8 Å². The van der Waals surface area contributed by atoms with E-state index in [1.54, 1.807) is 32.5 Å². The minimum absolute atomic E-state index is 0.000545. The van der Waals surface area contributed by atoms with E-state index in [4.69, 9.17) is 14.2 Å². The number of H-pyrrole nitrogens is 1. The van der Waals surface area contributed by atoms with Crippen molar-refractivity contribution in [2.75, 3.05) is 38.6 Å². The summed E-state index contributed by atoms with van der Waals surface area (Å²) in [6.07, 6.45) is 6.49. The lowest BCUT2D eigenvalue weighted by atomic mass is 10.0. The highest BCUT2D eigenvalue weighted by molar-refractivity contribution is 7.92.